The summed E-state index contributed by atoms with van der Waals surface area (Å²) in [5.74, 6) is -7.65. The van der Waals surface area contributed by atoms with Crippen LogP contribution in [0.4, 0.5) is 0 Å². The van der Waals surface area contributed by atoms with Crippen LogP contribution in [0.15, 0.2) is 34.7 Å². The van der Waals surface area contributed by atoms with Gasteiger partial charge in [0.15, 0.2) is 23.4 Å². The largest absolute Gasteiger partial charge is 0.472 e. The van der Waals surface area contributed by atoms with Crippen LogP contribution >= 0.6 is 0 Å². The summed E-state index contributed by atoms with van der Waals surface area (Å²) >= 11 is 0. The normalized spacial score (nSPS) is 40.5. The van der Waals surface area contributed by atoms with Gasteiger partial charge in [-0.2, -0.15) is 0 Å². The zero-order valence-corrected chi connectivity index (χ0v) is 34.2. The number of rotatable bonds is 12. The van der Waals surface area contributed by atoms with Gasteiger partial charge < -0.3 is 47.8 Å². The van der Waals surface area contributed by atoms with Crippen LogP contribution in [0, 0.1) is 22.2 Å². The van der Waals surface area contributed by atoms with E-state index >= 15 is 0 Å². The van der Waals surface area contributed by atoms with Crippen LogP contribution in [-0.2, 0) is 66.7 Å². The first kappa shape index (κ1) is 42.8. The Bertz CT molecular complexity index is 1940. The van der Waals surface area contributed by atoms with Crippen molar-refractivity contribution in [2.75, 3.05) is 7.11 Å². The van der Waals surface area contributed by atoms with Crippen molar-refractivity contribution >= 4 is 41.8 Å². The minimum absolute atomic E-state index is 0.139. The molecule has 12 atom stereocenters. The van der Waals surface area contributed by atoms with Crippen molar-refractivity contribution in [3.05, 3.63) is 35.8 Å². The van der Waals surface area contributed by atoms with Crippen molar-refractivity contribution in [1.82, 2.24) is 0 Å². The average molecular weight is 817 g/mol. The molecule has 1 aromatic rings. The summed E-state index contributed by atoms with van der Waals surface area (Å²) in [6.07, 6.45) is -6.18. The van der Waals surface area contributed by atoms with Gasteiger partial charge in [-0.1, -0.05) is 41.5 Å². The van der Waals surface area contributed by atoms with Gasteiger partial charge in [-0.15, -0.1) is 0 Å². The predicted molar refractivity (Wildman–Crippen MR) is 193 cm³/mol. The molecule has 318 valence electrons. The molecule has 0 unspecified atom stereocenters. The molecule has 0 radical (unpaired) electrons. The average Bonchev–Trinajstić information content (AvgIpc) is 3.84. The van der Waals surface area contributed by atoms with E-state index in [0.717, 1.165) is 20.1 Å². The lowest BCUT2D eigenvalue weighted by atomic mass is 9.34. The third-order valence-electron chi connectivity index (χ3n) is 14.0. The highest BCUT2D eigenvalue weighted by atomic mass is 16.7. The number of carbonyl (C=O) groups is 7. The molecule has 6 rings (SSSR count). The van der Waals surface area contributed by atoms with Crippen LogP contribution in [0.1, 0.15) is 112 Å². The zero-order chi connectivity index (χ0) is 43.0. The number of hydrogen-bond donors (Lipinski definition) is 2. The van der Waals surface area contributed by atoms with E-state index in [2.05, 4.69) is 0 Å². The molecule has 0 saturated heterocycles. The molecule has 17 heteroatoms. The van der Waals surface area contributed by atoms with Crippen LogP contribution in [0.3, 0.4) is 0 Å². The van der Waals surface area contributed by atoms with E-state index in [4.69, 9.17) is 37.6 Å². The van der Waals surface area contributed by atoms with Crippen LogP contribution in [0.25, 0.3) is 0 Å². The molecular formula is C41H52O17. The van der Waals surface area contributed by atoms with Gasteiger partial charge in [0.05, 0.1) is 25.1 Å². The third-order valence-corrected chi connectivity index (χ3v) is 14.0. The van der Waals surface area contributed by atoms with Crippen molar-refractivity contribution in [3.63, 3.8) is 0 Å². The number of cyclic esters (lactones) is 1. The van der Waals surface area contributed by atoms with Crippen molar-refractivity contribution in [2.24, 2.45) is 22.2 Å². The van der Waals surface area contributed by atoms with Crippen LogP contribution in [-0.4, -0.2) is 99.8 Å². The summed E-state index contributed by atoms with van der Waals surface area (Å²) in [4.78, 5) is 96.0. The summed E-state index contributed by atoms with van der Waals surface area (Å²) in [7, 11) is 1.14. The van der Waals surface area contributed by atoms with Crippen LogP contribution < -0.4 is 0 Å². The van der Waals surface area contributed by atoms with Crippen molar-refractivity contribution in [3.8, 4) is 0 Å². The second-order valence-corrected chi connectivity index (χ2v) is 16.6. The molecule has 1 aliphatic heterocycles. The first-order valence-corrected chi connectivity index (χ1v) is 19.6. The Morgan fingerprint density at radius 2 is 1.43 bits per heavy atom. The fraction of sp³-hybridized carbons (Fsp3) is 0.683. The van der Waals surface area contributed by atoms with Gasteiger partial charge in [-0.05, 0) is 24.5 Å². The van der Waals surface area contributed by atoms with Crippen molar-refractivity contribution < 1.29 is 81.4 Å². The summed E-state index contributed by atoms with van der Waals surface area (Å²) in [6, 6.07) is 1.49. The van der Waals surface area contributed by atoms with E-state index in [1.54, 1.807) is 13.8 Å². The molecule has 5 aliphatic rings. The first-order chi connectivity index (χ1) is 27.1. The standard InChI is InChI=1S/C41H52O17/c1-10-26(43)54-25-18-38(49)37(8)23(16-30(47)51-9)35(6)20-39(37,57-28(45)12-3)41(58-29(46)13-4,33(35)53-21(5)42)34(56-27(44)11-2)40(38,50)24-17-31(48)55-32(36(24,25)7)22-14-15-52-19-22/h14-15,17,19,23,25,32-34,49-50H,10-13,16,18,20H2,1-9H3/t23-,25-,32-,33-,34-,35+,36-,37-,38-,39+,40+,41-/m0/s1. The maximum absolute atomic E-state index is 14.2. The Hall–Kier alpha value is -4.77. The second-order valence-electron chi connectivity index (χ2n) is 16.6. The maximum Gasteiger partial charge on any atom is 0.331 e. The molecule has 2 heterocycles. The highest BCUT2D eigenvalue weighted by Gasteiger charge is 3.01. The molecule has 1 aromatic heterocycles. The Labute approximate surface area is 335 Å². The Morgan fingerprint density at radius 1 is 0.828 bits per heavy atom. The van der Waals surface area contributed by atoms with Gasteiger partial charge in [-0.3, -0.25) is 28.8 Å². The van der Waals surface area contributed by atoms with Crippen LogP contribution in [0.5, 0.6) is 0 Å². The van der Waals surface area contributed by atoms with E-state index in [9.17, 15) is 43.8 Å². The van der Waals surface area contributed by atoms with Crippen LogP contribution in [0.2, 0.25) is 0 Å². The third kappa shape index (κ3) is 5.23. The second kappa shape index (κ2) is 14.2. The number of esters is 7. The summed E-state index contributed by atoms with van der Waals surface area (Å²) in [6.45, 7) is 11.6. The molecule has 0 aromatic carbocycles. The quantitative estimate of drug-likeness (QED) is 0.227. The van der Waals surface area contributed by atoms with E-state index in [1.165, 1.54) is 53.2 Å². The van der Waals surface area contributed by atoms with E-state index in [1.807, 2.05) is 0 Å². The minimum Gasteiger partial charge on any atom is -0.472 e. The van der Waals surface area contributed by atoms with Crippen molar-refractivity contribution in [2.45, 2.75) is 147 Å². The molecule has 4 fully saturated rings. The molecule has 0 spiro atoms. The molecule has 2 bridgehead atoms. The number of methoxy groups -OCH3 is 1. The lowest BCUT2D eigenvalue weighted by molar-refractivity contribution is -0.418. The molecule has 4 aliphatic carbocycles. The number of hydrogen-bond acceptors (Lipinski definition) is 17. The monoisotopic (exact) mass is 816 g/mol. The smallest absolute Gasteiger partial charge is 0.331 e. The van der Waals surface area contributed by atoms with E-state index in [0.29, 0.717) is 0 Å². The topological polar surface area (TPSA) is 238 Å². The van der Waals surface area contributed by atoms with E-state index in [-0.39, 0.29) is 43.2 Å². The zero-order valence-electron chi connectivity index (χ0n) is 34.2. The number of aliphatic hydroxyl groups is 2. The van der Waals surface area contributed by atoms with E-state index < -0.39 is 124 Å². The number of carbonyl (C=O) groups excluding carboxylic acids is 7. The molecular weight excluding hydrogens is 764 g/mol. The number of fused-ring (bicyclic) bond motifs is 5. The fourth-order valence-corrected chi connectivity index (χ4v) is 11.6. The van der Waals surface area contributed by atoms with Gasteiger partial charge in [0.1, 0.15) is 17.8 Å². The highest BCUT2D eigenvalue weighted by molar-refractivity contribution is 5.86. The predicted octanol–water partition coefficient (Wildman–Crippen LogP) is 3.26. The minimum atomic E-state index is -3.09. The van der Waals surface area contributed by atoms with Gasteiger partial charge in [0, 0.05) is 74.3 Å². The molecule has 58 heavy (non-hydrogen) atoms. The van der Waals surface area contributed by atoms with Crippen molar-refractivity contribution in [1.29, 1.82) is 0 Å². The van der Waals surface area contributed by atoms with Gasteiger partial charge in [0.2, 0.25) is 5.60 Å². The van der Waals surface area contributed by atoms with Gasteiger partial charge in [-0.25, -0.2) is 4.79 Å². The summed E-state index contributed by atoms with van der Waals surface area (Å²) in [5, 5.41) is 28.4. The van der Waals surface area contributed by atoms with Gasteiger partial charge >= 0.3 is 41.8 Å². The Balaban J connectivity index is 1.86. The number of ether oxygens (including phenoxy) is 7. The maximum atomic E-state index is 14.2. The lowest BCUT2D eigenvalue weighted by Crippen LogP contribution is -2.94. The van der Waals surface area contributed by atoms with Gasteiger partial charge in [0.25, 0.3) is 0 Å². The Morgan fingerprint density at radius 3 is 1.98 bits per heavy atom. The first-order valence-electron chi connectivity index (χ1n) is 19.6. The lowest BCUT2D eigenvalue weighted by Gasteiger charge is -2.76. The SMILES string of the molecule is CCC(=O)O[C@H]1C[C@]2(O)[C@]3(C)[C@@H](CC(=O)OC)[C@@]4(C)C[C@]3(OC(=O)CC)[C@@](OC(=O)CC)([C@@H](OC(=O)CC)[C@]2(O)C2=CC(=O)O[C@@H](c3ccoc3)[C@@]21C)[C@H]4OC(C)=O. The molecule has 4 saturated carbocycles. The highest BCUT2D eigenvalue weighted by Crippen LogP contribution is 2.85. The molecule has 17 nitrogen and oxygen atoms in total. The number of furan rings is 1. The molecule has 2 N–H and O–H groups in total. The molecule has 0 amide bonds. The summed E-state index contributed by atoms with van der Waals surface area (Å²) < 4.78 is 48.0. The fourth-order valence-electron chi connectivity index (χ4n) is 11.6. The Kier molecular flexibility index (Phi) is 10.5. The summed E-state index contributed by atoms with van der Waals surface area (Å²) in [5.41, 5.74) is -16.8.